The Morgan fingerprint density at radius 2 is 1.96 bits per heavy atom. The fraction of sp³-hybridized carbons (Fsp3) is 0.316. The number of amides is 3. The van der Waals surface area contributed by atoms with Crippen molar-refractivity contribution >= 4 is 17.6 Å². The summed E-state index contributed by atoms with van der Waals surface area (Å²) in [6.45, 7) is 2.31. The van der Waals surface area contributed by atoms with Gasteiger partial charge in [0.2, 0.25) is 5.91 Å². The van der Waals surface area contributed by atoms with E-state index in [0.717, 1.165) is 29.7 Å². The lowest BCUT2D eigenvalue weighted by atomic mass is 10.1. The maximum Gasteiger partial charge on any atom is 0.315 e. The van der Waals surface area contributed by atoms with Gasteiger partial charge in [-0.1, -0.05) is 12.1 Å². The first-order valence-electron chi connectivity index (χ1n) is 8.46. The van der Waals surface area contributed by atoms with E-state index >= 15 is 0 Å². The van der Waals surface area contributed by atoms with Gasteiger partial charge in [0.05, 0.1) is 6.04 Å². The third-order valence-electron chi connectivity index (χ3n) is 4.15. The number of urea groups is 1. The molecule has 0 radical (unpaired) electrons. The van der Waals surface area contributed by atoms with Gasteiger partial charge >= 0.3 is 6.03 Å². The summed E-state index contributed by atoms with van der Waals surface area (Å²) in [7, 11) is 0. The second-order valence-electron chi connectivity index (χ2n) is 6.29. The number of hydrogen-bond donors (Lipinski definition) is 3. The van der Waals surface area contributed by atoms with Crippen LogP contribution in [0.25, 0.3) is 0 Å². The molecule has 1 aromatic carbocycles. The molecule has 0 spiro atoms. The molecule has 3 amide bonds. The SMILES string of the molecule is CC(NC(=O)NCc1cccc(NC(=O)C2CC2)c1)c1ccncc1. The first-order valence-corrected chi connectivity index (χ1v) is 8.46. The summed E-state index contributed by atoms with van der Waals surface area (Å²) in [6.07, 6.45) is 5.35. The lowest BCUT2D eigenvalue weighted by molar-refractivity contribution is -0.117. The Kier molecular flexibility index (Phi) is 5.28. The largest absolute Gasteiger partial charge is 0.334 e. The zero-order valence-electron chi connectivity index (χ0n) is 14.2. The molecule has 1 aliphatic rings. The number of nitrogens with zero attached hydrogens (tertiary/aromatic N) is 1. The Labute approximate surface area is 147 Å². The summed E-state index contributed by atoms with van der Waals surface area (Å²) in [4.78, 5) is 27.8. The van der Waals surface area contributed by atoms with Crippen LogP contribution in [0.2, 0.25) is 0 Å². The minimum atomic E-state index is -0.239. The third-order valence-corrected chi connectivity index (χ3v) is 4.15. The maximum absolute atomic E-state index is 12.1. The number of nitrogens with one attached hydrogen (secondary N) is 3. The van der Waals surface area contributed by atoms with Gasteiger partial charge in [0.15, 0.2) is 0 Å². The van der Waals surface area contributed by atoms with Crippen molar-refractivity contribution < 1.29 is 9.59 Å². The summed E-state index contributed by atoms with van der Waals surface area (Å²) < 4.78 is 0. The Balaban J connectivity index is 1.49. The van der Waals surface area contributed by atoms with Crippen molar-refractivity contribution in [2.24, 2.45) is 5.92 Å². The van der Waals surface area contributed by atoms with Crippen LogP contribution in [0.5, 0.6) is 0 Å². The van der Waals surface area contributed by atoms with Gasteiger partial charge in [0.1, 0.15) is 0 Å². The molecule has 0 saturated heterocycles. The monoisotopic (exact) mass is 338 g/mol. The first-order chi connectivity index (χ1) is 12.1. The number of hydrogen-bond acceptors (Lipinski definition) is 3. The van der Waals surface area contributed by atoms with Crippen molar-refractivity contribution in [3.8, 4) is 0 Å². The van der Waals surface area contributed by atoms with E-state index in [9.17, 15) is 9.59 Å². The minimum absolute atomic E-state index is 0.0778. The van der Waals surface area contributed by atoms with E-state index in [1.165, 1.54) is 0 Å². The number of rotatable bonds is 6. The number of carbonyl (C=O) groups is 2. The van der Waals surface area contributed by atoms with Crippen molar-refractivity contribution in [1.29, 1.82) is 0 Å². The van der Waals surface area contributed by atoms with E-state index < -0.39 is 0 Å². The quantitative estimate of drug-likeness (QED) is 0.757. The van der Waals surface area contributed by atoms with E-state index in [-0.39, 0.29) is 23.9 Å². The van der Waals surface area contributed by atoms with Gasteiger partial charge in [-0.3, -0.25) is 9.78 Å². The maximum atomic E-state index is 12.1. The van der Waals surface area contributed by atoms with E-state index in [4.69, 9.17) is 0 Å². The van der Waals surface area contributed by atoms with Crippen LogP contribution in [0.4, 0.5) is 10.5 Å². The van der Waals surface area contributed by atoms with Gasteiger partial charge < -0.3 is 16.0 Å². The van der Waals surface area contributed by atoms with Gasteiger partial charge in [0.25, 0.3) is 0 Å². The van der Waals surface area contributed by atoms with Gasteiger partial charge in [0, 0.05) is 30.5 Å². The van der Waals surface area contributed by atoms with Gasteiger partial charge in [-0.2, -0.15) is 0 Å². The van der Waals surface area contributed by atoms with Crippen LogP contribution in [0.15, 0.2) is 48.8 Å². The molecule has 6 nitrogen and oxygen atoms in total. The van der Waals surface area contributed by atoms with Crippen LogP contribution in [0, 0.1) is 5.92 Å². The van der Waals surface area contributed by atoms with Crippen LogP contribution in [0.3, 0.4) is 0 Å². The van der Waals surface area contributed by atoms with Gasteiger partial charge in [-0.15, -0.1) is 0 Å². The standard InChI is InChI=1S/C19H22N4O2/c1-13(15-7-9-20-10-8-15)22-19(25)21-12-14-3-2-4-17(11-14)23-18(24)16-5-6-16/h2-4,7-11,13,16H,5-6,12H2,1H3,(H,23,24)(H2,21,22,25). The van der Waals surface area contributed by atoms with Crippen molar-refractivity contribution in [2.75, 3.05) is 5.32 Å². The number of benzene rings is 1. The Morgan fingerprint density at radius 1 is 1.20 bits per heavy atom. The Bertz CT molecular complexity index is 744. The molecular formula is C19H22N4O2. The predicted molar refractivity (Wildman–Crippen MR) is 95.8 cm³/mol. The topological polar surface area (TPSA) is 83.1 Å². The van der Waals surface area contributed by atoms with Gasteiger partial charge in [-0.05, 0) is 55.2 Å². The zero-order chi connectivity index (χ0) is 17.6. The predicted octanol–water partition coefficient (Wildman–Crippen LogP) is 2.99. The smallest absolute Gasteiger partial charge is 0.315 e. The van der Waals surface area contributed by atoms with Crippen molar-refractivity contribution in [2.45, 2.75) is 32.4 Å². The minimum Gasteiger partial charge on any atom is -0.334 e. The fourth-order valence-corrected chi connectivity index (χ4v) is 2.51. The number of anilines is 1. The van der Waals surface area contributed by atoms with E-state index in [2.05, 4.69) is 20.9 Å². The summed E-state index contributed by atoms with van der Waals surface area (Å²) in [5, 5.41) is 8.64. The molecule has 1 atom stereocenters. The van der Waals surface area contributed by atoms with Crippen molar-refractivity contribution in [3.63, 3.8) is 0 Å². The molecule has 0 aliphatic heterocycles. The van der Waals surface area contributed by atoms with Crippen LogP contribution in [-0.2, 0) is 11.3 Å². The summed E-state index contributed by atoms with van der Waals surface area (Å²) >= 11 is 0. The molecule has 130 valence electrons. The molecule has 1 aliphatic carbocycles. The molecule has 1 fully saturated rings. The highest BCUT2D eigenvalue weighted by Crippen LogP contribution is 2.30. The second kappa shape index (κ2) is 7.79. The molecule has 1 unspecified atom stereocenters. The average molecular weight is 338 g/mol. The van der Waals surface area contributed by atoms with Crippen LogP contribution < -0.4 is 16.0 Å². The number of pyridine rings is 1. The molecule has 25 heavy (non-hydrogen) atoms. The highest BCUT2D eigenvalue weighted by molar-refractivity contribution is 5.94. The zero-order valence-corrected chi connectivity index (χ0v) is 14.2. The molecule has 1 saturated carbocycles. The Hall–Kier alpha value is -2.89. The van der Waals surface area contributed by atoms with Crippen molar-refractivity contribution in [3.05, 3.63) is 59.9 Å². The van der Waals surface area contributed by atoms with Crippen molar-refractivity contribution in [1.82, 2.24) is 15.6 Å². The normalized spacial score (nSPS) is 14.4. The molecule has 0 bridgehead atoms. The van der Waals surface area contributed by atoms with Crippen LogP contribution in [-0.4, -0.2) is 16.9 Å². The van der Waals surface area contributed by atoms with Gasteiger partial charge in [-0.25, -0.2) is 4.79 Å². The lowest BCUT2D eigenvalue weighted by Crippen LogP contribution is -2.36. The summed E-state index contributed by atoms with van der Waals surface area (Å²) in [5.41, 5.74) is 2.69. The first kappa shape index (κ1) is 17.0. The van der Waals surface area contributed by atoms with E-state index in [1.54, 1.807) is 12.4 Å². The molecular weight excluding hydrogens is 316 g/mol. The van der Waals surface area contributed by atoms with E-state index in [0.29, 0.717) is 6.54 Å². The molecule has 2 aromatic rings. The lowest BCUT2D eigenvalue weighted by Gasteiger charge is -2.15. The van der Waals surface area contributed by atoms with E-state index in [1.807, 2.05) is 43.3 Å². The summed E-state index contributed by atoms with van der Waals surface area (Å²) in [5.74, 6) is 0.247. The van der Waals surface area contributed by atoms with Crippen LogP contribution in [0.1, 0.15) is 36.9 Å². The fourth-order valence-electron chi connectivity index (χ4n) is 2.51. The average Bonchev–Trinajstić information content (AvgIpc) is 3.46. The molecule has 3 rings (SSSR count). The number of aromatic nitrogens is 1. The summed E-state index contributed by atoms with van der Waals surface area (Å²) in [6, 6.07) is 10.9. The third kappa shape index (κ3) is 5.04. The second-order valence-corrected chi connectivity index (χ2v) is 6.29. The highest BCUT2D eigenvalue weighted by Gasteiger charge is 2.29. The Morgan fingerprint density at radius 3 is 2.68 bits per heavy atom. The number of carbonyl (C=O) groups excluding carboxylic acids is 2. The molecule has 3 N–H and O–H groups in total. The van der Waals surface area contributed by atoms with Crippen LogP contribution >= 0.6 is 0 Å². The molecule has 1 aromatic heterocycles. The highest BCUT2D eigenvalue weighted by atomic mass is 16.2. The molecule has 6 heteroatoms. The molecule has 1 heterocycles.